The van der Waals surface area contributed by atoms with Gasteiger partial charge in [0.25, 0.3) is 0 Å². The molecule has 1 aromatic heterocycles. The summed E-state index contributed by atoms with van der Waals surface area (Å²) in [5.74, 6) is 0.305. The van der Waals surface area contributed by atoms with Crippen molar-refractivity contribution in [1.29, 1.82) is 0 Å². The van der Waals surface area contributed by atoms with Crippen LogP contribution in [0.1, 0.15) is 31.2 Å². The second-order valence-electron chi connectivity index (χ2n) is 6.83. The van der Waals surface area contributed by atoms with E-state index in [0.29, 0.717) is 44.3 Å². The molecule has 27 heavy (non-hydrogen) atoms. The van der Waals surface area contributed by atoms with E-state index in [-0.39, 0.29) is 29.3 Å². The second kappa shape index (κ2) is 9.30. The number of nitrogens with one attached hydrogen (secondary N) is 2. The Hall–Kier alpha value is -1.25. The summed E-state index contributed by atoms with van der Waals surface area (Å²) in [6.07, 6.45) is -0.189. The Morgan fingerprint density at radius 1 is 1.33 bits per heavy atom. The van der Waals surface area contributed by atoms with Gasteiger partial charge in [0, 0.05) is 37.8 Å². The lowest BCUT2D eigenvalue weighted by Gasteiger charge is -2.33. The molecule has 3 rings (SSSR count). The monoisotopic (exact) mass is 426 g/mol. The van der Waals surface area contributed by atoms with Gasteiger partial charge in [0.2, 0.25) is 5.91 Å². The van der Waals surface area contributed by atoms with Crippen LogP contribution in [0.5, 0.6) is 0 Å². The van der Waals surface area contributed by atoms with Crippen molar-refractivity contribution in [3.8, 4) is 0 Å². The number of carbonyl (C=O) groups is 1. The standard InChI is InChI=1S/C17H22ClF3N4O.ClH/c18-14-8-12(17(19,20)21)9-23-15(14)25-6-3-11(4-7-25)16(26)24-10-13-2-1-5-22-13;/h8-9,11,13,22H,1-7,10H2,(H,24,26);1H. The minimum absolute atomic E-state index is 0. The first-order valence-corrected chi connectivity index (χ1v) is 9.21. The third-order valence-electron chi connectivity index (χ3n) is 5.00. The van der Waals surface area contributed by atoms with Crippen molar-refractivity contribution in [2.45, 2.75) is 37.9 Å². The van der Waals surface area contributed by atoms with Crippen LogP contribution in [0.25, 0.3) is 0 Å². The summed E-state index contributed by atoms with van der Waals surface area (Å²) in [4.78, 5) is 18.0. The largest absolute Gasteiger partial charge is 0.417 e. The van der Waals surface area contributed by atoms with Crippen LogP contribution in [0.15, 0.2) is 12.3 Å². The number of alkyl halides is 3. The fourth-order valence-electron chi connectivity index (χ4n) is 3.47. The highest BCUT2D eigenvalue weighted by Gasteiger charge is 2.33. The Labute approximate surface area is 167 Å². The maximum absolute atomic E-state index is 12.7. The van der Waals surface area contributed by atoms with Gasteiger partial charge in [0.1, 0.15) is 5.82 Å². The lowest BCUT2D eigenvalue weighted by atomic mass is 9.95. The number of halogens is 5. The molecule has 0 bridgehead atoms. The summed E-state index contributed by atoms with van der Waals surface area (Å²) in [5, 5.41) is 6.32. The molecule has 0 spiro atoms. The molecule has 2 N–H and O–H groups in total. The molecule has 0 aromatic carbocycles. The van der Waals surface area contributed by atoms with E-state index in [1.807, 2.05) is 4.90 Å². The van der Waals surface area contributed by atoms with Crippen molar-refractivity contribution < 1.29 is 18.0 Å². The molecular weight excluding hydrogens is 404 g/mol. The molecule has 1 aromatic rings. The topological polar surface area (TPSA) is 57.3 Å². The zero-order valence-electron chi connectivity index (χ0n) is 14.7. The summed E-state index contributed by atoms with van der Waals surface area (Å²) >= 11 is 6.00. The van der Waals surface area contributed by atoms with Gasteiger partial charge in [-0.1, -0.05) is 11.6 Å². The zero-order chi connectivity index (χ0) is 18.7. The normalized spacial score (nSPS) is 21.0. The van der Waals surface area contributed by atoms with Crippen LogP contribution < -0.4 is 15.5 Å². The Balaban J connectivity index is 0.00000261. The number of anilines is 1. The fourth-order valence-corrected chi connectivity index (χ4v) is 3.76. The Morgan fingerprint density at radius 2 is 2.04 bits per heavy atom. The van der Waals surface area contributed by atoms with Gasteiger partial charge in [0.05, 0.1) is 10.6 Å². The smallest absolute Gasteiger partial charge is 0.355 e. The molecule has 0 aliphatic carbocycles. The number of hydrogen-bond donors (Lipinski definition) is 2. The molecule has 1 atom stereocenters. The SMILES string of the molecule is Cl.O=C(NCC1CCCN1)C1CCN(c2ncc(C(F)(F)F)cc2Cl)CC1. The molecule has 0 radical (unpaired) electrons. The Morgan fingerprint density at radius 3 is 2.59 bits per heavy atom. The van der Waals surface area contributed by atoms with Gasteiger partial charge in [-0.15, -0.1) is 12.4 Å². The molecule has 2 aliphatic rings. The first-order chi connectivity index (χ1) is 12.3. The van der Waals surface area contributed by atoms with E-state index in [2.05, 4.69) is 15.6 Å². The van der Waals surface area contributed by atoms with Crippen molar-refractivity contribution >= 4 is 35.7 Å². The van der Waals surface area contributed by atoms with Crippen LogP contribution in [0.4, 0.5) is 19.0 Å². The molecule has 1 amide bonds. The van der Waals surface area contributed by atoms with Crippen LogP contribution in [0.3, 0.4) is 0 Å². The molecule has 2 fully saturated rings. The first kappa shape index (κ1) is 22.0. The average Bonchev–Trinajstić information content (AvgIpc) is 3.12. The molecule has 10 heteroatoms. The van der Waals surface area contributed by atoms with Gasteiger partial charge in [-0.25, -0.2) is 4.98 Å². The quantitative estimate of drug-likeness (QED) is 0.775. The fraction of sp³-hybridized carbons (Fsp3) is 0.647. The predicted octanol–water partition coefficient (Wildman–Crippen LogP) is 3.26. The average molecular weight is 427 g/mol. The molecule has 2 aliphatic heterocycles. The summed E-state index contributed by atoms with van der Waals surface area (Å²) in [7, 11) is 0. The minimum atomic E-state index is -4.46. The van der Waals surface area contributed by atoms with E-state index in [1.54, 1.807) is 0 Å². The minimum Gasteiger partial charge on any atom is -0.355 e. The van der Waals surface area contributed by atoms with Crippen molar-refractivity contribution in [2.24, 2.45) is 5.92 Å². The number of piperidine rings is 1. The van der Waals surface area contributed by atoms with Gasteiger partial charge in [-0.2, -0.15) is 13.2 Å². The number of pyridine rings is 1. The highest BCUT2D eigenvalue weighted by molar-refractivity contribution is 6.33. The van der Waals surface area contributed by atoms with Crippen LogP contribution in [0, 0.1) is 5.92 Å². The van der Waals surface area contributed by atoms with E-state index < -0.39 is 11.7 Å². The lowest BCUT2D eigenvalue weighted by Crippen LogP contribution is -2.44. The van der Waals surface area contributed by atoms with Gasteiger partial charge in [0.15, 0.2) is 0 Å². The maximum Gasteiger partial charge on any atom is 0.417 e. The number of amides is 1. The summed E-state index contributed by atoms with van der Waals surface area (Å²) in [6, 6.07) is 1.26. The number of aromatic nitrogens is 1. The van der Waals surface area contributed by atoms with Crippen LogP contribution in [-0.2, 0) is 11.0 Å². The molecule has 5 nitrogen and oxygen atoms in total. The number of nitrogens with zero attached hydrogens (tertiary/aromatic N) is 2. The van der Waals surface area contributed by atoms with Crippen molar-refractivity contribution in [3.05, 3.63) is 22.8 Å². The Bertz CT molecular complexity index is 646. The van der Waals surface area contributed by atoms with Gasteiger partial charge in [-0.3, -0.25) is 4.79 Å². The molecule has 0 saturated carbocycles. The number of hydrogen-bond acceptors (Lipinski definition) is 4. The van der Waals surface area contributed by atoms with E-state index in [1.165, 1.54) is 0 Å². The van der Waals surface area contributed by atoms with Crippen molar-refractivity contribution in [2.75, 3.05) is 31.1 Å². The summed E-state index contributed by atoms with van der Waals surface area (Å²) < 4.78 is 38.1. The van der Waals surface area contributed by atoms with Crippen molar-refractivity contribution in [3.63, 3.8) is 0 Å². The van der Waals surface area contributed by atoms with Crippen LogP contribution in [0.2, 0.25) is 5.02 Å². The van der Waals surface area contributed by atoms with Crippen LogP contribution >= 0.6 is 24.0 Å². The summed E-state index contributed by atoms with van der Waals surface area (Å²) in [5.41, 5.74) is -0.860. The Kier molecular flexibility index (Phi) is 7.59. The lowest BCUT2D eigenvalue weighted by molar-refractivity contribution is -0.137. The highest BCUT2D eigenvalue weighted by Crippen LogP contribution is 2.34. The van der Waals surface area contributed by atoms with Gasteiger partial charge >= 0.3 is 6.18 Å². The zero-order valence-corrected chi connectivity index (χ0v) is 16.3. The van der Waals surface area contributed by atoms with E-state index in [9.17, 15) is 18.0 Å². The molecule has 3 heterocycles. The number of rotatable bonds is 4. The molecular formula is C17H23Cl2F3N4O. The second-order valence-corrected chi connectivity index (χ2v) is 7.23. The third-order valence-corrected chi connectivity index (χ3v) is 5.28. The number of carbonyl (C=O) groups excluding carboxylic acids is 1. The maximum atomic E-state index is 12.7. The molecule has 2 saturated heterocycles. The van der Waals surface area contributed by atoms with Gasteiger partial charge < -0.3 is 15.5 Å². The third kappa shape index (κ3) is 5.62. The van der Waals surface area contributed by atoms with E-state index in [0.717, 1.165) is 31.6 Å². The van der Waals surface area contributed by atoms with Crippen LogP contribution in [-0.4, -0.2) is 43.1 Å². The predicted molar refractivity (Wildman–Crippen MR) is 100 cm³/mol. The first-order valence-electron chi connectivity index (χ1n) is 8.83. The van der Waals surface area contributed by atoms with E-state index >= 15 is 0 Å². The highest BCUT2D eigenvalue weighted by atomic mass is 35.5. The van der Waals surface area contributed by atoms with Gasteiger partial charge in [-0.05, 0) is 38.3 Å². The van der Waals surface area contributed by atoms with Crippen molar-refractivity contribution in [1.82, 2.24) is 15.6 Å². The summed E-state index contributed by atoms with van der Waals surface area (Å²) in [6.45, 7) is 2.72. The van der Waals surface area contributed by atoms with E-state index in [4.69, 9.17) is 11.6 Å². The molecule has 1 unspecified atom stereocenters. The molecule has 152 valence electrons.